The molecule has 26 heavy (non-hydrogen) atoms. The summed E-state index contributed by atoms with van der Waals surface area (Å²) in [6.45, 7) is 2.63. The molecule has 1 aromatic carbocycles. The number of fused-ring (bicyclic) bond motifs is 1. The largest absolute Gasteiger partial charge is 0.393 e. The van der Waals surface area contributed by atoms with Crippen LogP contribution in [-0.2, 0) is 4.74 Å². The van der Waals surface area contributed by atoms with Crippen molar-refractivity contribution in [2.45, 2.75) is 94.7 Å². The molecule has 1 heterocycles. The Morgan fingerprint density at radius 2 is 1.65 bits per heavy atom. The Morgan fingerprint density at radius 3 is 2.35 bits per heavy atom. The maximum Gasteiger partial charge on any atom is 0.0844 e. The van der Waals surface area contributed by atoms with E-state index in [1.165, 1.54) is 57.0 Å². The Bertz CT molecular complexity index is 565. The second-order valence-electron chi connectivity index (χ2n) is 9.58. The van der Waals surface area contributed by atoms with Crippen molar-refractivity contribution in [3.05, 3.63) is 30.3 Å². The van der Waals surface area contributed by atoms with Gasteiger partial charge in [-0.25, -0.2) is 0 Å². The SMILES string of the molecule is C[Si](CCC1CCCC(O)C1)(CCC1CCC2OC2C1)c1ccccc1. The molecule has 0 aromatic heterocycles. The zero-order valence-electron chi connectivity index (χ0n) is 16.4. The number of benzene rings is 1. The van der Waals surface area contributed by atoms with Crippen molar-refractivity contribution >= 4 is 13.3 Å². The van der Waals surface area contributed by atoms with Crippen LogP contribution in [0.3, 0.4) is 0 Å². The van der Waals surface area contributed by atoms with Crippen molar-refractivity contribution in [3.8, 4) is 0 Å². The fraction of sp³-hybridized carbons (Fsp3) is 0.739. The molecule has 1 saturated heterocycles. The Morgan fingerprint density at radius 1 is 0.923 bits per heavy atom. The number of aliphatic hydroxyl groups is 1. The Hall–Kier alpha value is -0.643. The number of hydrogen-bond donors (Lipinski definition) is 1. The zero-order valence-corrected chi connectivity index (χ0v) is 17.4. The molecule has 144 valence electrons. The van der Waals surface area contributed by atoms with Crippen LogP contribution >= 0.6 is 0 Å². The summed E-state index contributed by atoms with van der Waals surface area (Å²) in [6.07, 6.45) is 12.6. The molecule has 6 atom stereocenters. The molecule has 0 radical (unpaired) electrons. The number of rotatable bonds is 7. The van der Waals surface area contributed by atoms with Gasteiger partial charge in [0, 0.05) is 0 Å². The molecule has 3 aliphatic rings. The van der Waals surface area contributed by atoms with Crippen molar-refractivity contribution in [2.75, 3.05) is 0 Å². The van der Waals surface area contributed by atoms with E-state index < -0.39 is 8.07 Å². The van der Waals surface area contributed by atoms with Gasteiger partial charge in [0.25, 0.3) is 0 Å². The minimum atomic E-state index is -1.45. The van der Waals surface area contributed by atoms with E-state index in [-0.39, 0.29) is 6.10 Å². The summed E-state index contributed by atoms with van der Waals surface area (Å²) in [5.74, 6) is 1.65. The third-order valence-corrected chi connectivity index (χ3v) is 12.1. The van der Waals surface area contributed by atoms with Gasteiger partial charge >= 0.3 is 0 Å². The van der Waals surface area contributed by atoms with Gasteiger partial charge in [0.15, 0.2) is 0 Å². The van der Waals surface area contributed by atoms with E-state index in [0.717, 1.165) is 24.7 Å². The predicted molar refractivity (Wildman–Crippen MR) is 111 cm³/mol. The first-order valence-corrected chi connectivity index (χ1v) is 13.9. The molecular formula is C23H36O2Si. The van der Waals surface area contributed by atoms with Crippen molar-refractivity contribution in [3.63, 3.8) is 0 Å². The third-order valence-electron chi connectivity index (χ3n) is 7.55. The number of hydrogen-bond acceptors (Lipinski definition) is 2. The first kappa shape index (κ1) is 18.7. The van der Waals surface area contributed by atoms with Crippen LogP contribution in [0.25, 0.3) is 0 Å². The molecule has 2 saturated carbocycles. The highest BCUT2D eigenvalue weighted by atomic mass is 28.3. The van der Waals surface area contributed by atoms with E-state index in [9.17, 15) is 5.11 Å². The van der Waals surface area contributed by atoms with Crippen LogP contribution in [0.5, 0.6) is 0 Å². The molecule has 0 bridgehead atoms. The second kappa shape index (κ2) is 8.16. The van der Waals surface area contributed by atoms with Crippen molar-refractivity contribution in [1.29, 1.82) is 0 Å². The van der Waals surface area contributed by atoms with E-state index in [4.69, 9.17) is 4.74 Å². The van der Waals surface area contributed by atoms with E-state index in [1.54, 1.807) is 5.19 Å². The average molecular weight is 373 g/mol. The smallest absolute Gasteiger partial charge is 0.0844 e. The summed E-state index contributed by atoms with van der Waals surface area (Å²) in [6, 6.07) is 14.2. The van der Waals surface area contributed by atoms with Crippen LogP contribution in [0.4, 0.5) is 0 Å². The van der Waals surface area contributed by atoms with Crippen molar-refractivity contribution in [2.24, 2.45) is 11.8 Å². The molecule has 2 aliphatic carbocycles. The van der Waals surface area contributed by atoms with E-state index >= 15 is 0 Å². The summed E-state index contributed by atoms with van der Waals surface area (Å²) >= 11 is 0. The number of aliphatic hydroxyl groups excluding tert-OH is 1. The number of epoxide rings is 1. The van der Waals surface area contributed by atoms with Gasteiger partial charge in [0.2, 0.25) is 0 Å². The summed E-state index contributed by atoms with van der Waals surface area (Å²) in [7, 11) is -1.45. The first-order valence-electron chi connectivity index (χ1n) is 11.0. The Kier molecular flexibility index (Phi) is 5.87. The lowest BCUT2D eigenvalue weighted by Gasteiger charge is -2.33. The van der Waals surface area contributed by atoms with E-state index in [1.807, 2.05) is 0 Å². The summed E-state index contributed by atoms with van der Waals surface area (Å²) in [5, 5.41) is 11.7. The van der Waals surface area contributed by atoms with Gasteiger partial charge in [-0.05, 0) is 43.9 Å². The highest BCUT2D eigenvalue weighted by Gasteiger charge is 2.44. The van der Waals surface area contributed by atoms with Crippen LogP contribution in [0.2, 0.25) is 18.6 Å². The number of ether oxygens (including phenoxy) is 1. The minimum Gasteiger partial charge on any atom is -0.393 e. The van der Waals surface area contributed by atoms with Gasteiger partial charge in [0.05, 0.1) is 26.4 Å². The van der Waals surface area contributed by atoms with Crippen LogP contribution < -0.4 is 5.19 Å². The van der Waals surface area contributed by atoms with E-state index in [0.29, 0.717) is 12.2 Å². The van der Waals surface area contributed by atoms with Crippen molar-refractivity contribution in [1.82, 2.24) is 0 Å². The Balaban J connectivity index is 1.37. The first-order chi connectivity index (χ1) is 12.6. The maximum absolute atomic E-state index is 10.0. The topological polar surface area (TPSA) is 32.8 Å². The molecule has 2 nitrogen and oxygen atoms in total. The lowest BCUT2D eigenvalue weighted by Crippen LogP contribution is -2.45. The fourth-order valence-electron chi connectivity index (χ4n) is 5.57. The quantitative estimate of drug-likeness (QED) is 0.547. The highest BCUT2D eigenvalue weighted by molar-refractivity contribution is 6.90. The van der Waals surface area contributed by atoms with Crippen LogP contribution in [0, 0.1) is 11.8 Å². The zero-order chi connectivity index (χ0) is 18.0. The lowest BCUT2D eigenvalue weighted by atomic mass is 9.86. The normalized spacial score (nSPS) is 36.2. The predicted octanol–water partition coefficient (Wildman–Crippen LogP) is 4.87. The maximum atomic E-state index is 10.0. The van der Waals surface area contributed by atoms with Gasteiger partial charge in [0.1, 0.15) is 0 Å². The summed E-state index contributed by atoms with van der Waals surface area (Å²) < 4.78 is 5.75. The highest BCUT2D eigenvalue weighted by Crippen LogP contribution is 2.42. The second-order valence-corrected chi connectivity index (χ2v) is 14.3. The van der Waals surface area contributed by atoms with Gasteiger partial charge < -0.3 is 9.84 Å². The molecule has 3 heteroatoms. The van der Waals surface area contributed by atoms with Crippen LogP contribution in [0.1, 0.15) is 57.8 Å². The standard InChI is InChI=1S/C23H36O2Si/c1-26(21-8-3-2-4-9-21,14-12-18-6-5-7-20(24)16-18)15-13-19-10-11-22-23(17-19)25-22/h2-4,8-9,18-20,22-24H,5-7,10-17H2,1H3. The third kappa shape index (κ3) is 4.60. The monoisotopic (exact) mass is 372 g/mol. The van der Waals surface area contributed by atoms with Crippen LogP contribution in [0.15, 0.2) is 30.3 Å². The molecule has 3 fully saturated rings. The van der Waals surface area contributed by atoms with Gasteiger partial charge in [-0.1, -0.05) is 79.8 Å². The molecule has 4 rings (SSSR count). The molecular weight excluding hydrogens is 336 g/mol. The molecule has 0 spiro atoms. The van der Waals surface area contributed by atoms with Gasteiger partial charge in [-0.2, -0.15) is 0 Å². The minimum absolute atomic E-state index is 0.0351. The van der Waals surface area contributed by atoms with Gasteiger partial charge in [-0.3, -0.25) is 0 Å². The summed E-state index contributed by atoms with van der Waals surface area (Å²) in [4.78, 5) is 0. The lowest BCUT2D eigenvalue weighted by molar-refractivity contribution is 0.0997. The molecule has 1 aliphatic heterocycles. The molecule has 6 unspecified atom stereocenters. The Labute approximate surface area is 160 Å². The van der Waals surface area contributed by atoms with Crippen molar-refractivity contribution < 1.29 is 9.84 Å². The van der Waals surface area contributed by atoms with Gasteiger partial charge in [-0.15, -0.1) is 0 Å². The van der Waals surface area contributed by atoms with Crippen LogP contribution in [-0.4, -0.2) is 31.5 Å². The average Bonchev–Trinajstić information content (AvgIpc) is 3.44. The fourth-order valence-corrected chi connectivity index (χ4v) is 9.49. The molecule has 1 N–H and O–H groups in total. The summed E-state index contributed by atoms with van der Waals surface area (Å²) in [5.41, 5.74) is 0. The molecule has 1 aromatic rings. The molecule has 0 amide bonds. The van der Waals surface area contributed by atoms with E-state index in [2.05, 4.69) is 36.9 Å².